The number of unbranched alkanes of at least 4 members (excludes halogenated alkanes) is 1. The lowest BCUT2D eigenvalue weighted by Crippen LogP contribution is -2.43. The molecule has 6 nitrogen and oxygen atoms in total. The predicted molar refractivity (Wildman–Crippen MR) is 114 cm³/mol. The van der Waals surface area contributed by atoms with Gasteiger partial charge in [-0.15, -0.1) is 0 Å². The van der Waals surface area contributed by atoms with Crippen LogP contribution in [0, 0.1) is 0 Å². The quantitative estimate of drug-likeness (QED) is 0.661. The Morgan fingerprint density at radius 1 is 1.28 bits per heavy atom. The van der Waals surface area contributed by atoms with Crippen LogP contribution in [0.3, 0.4) is 0 Å². The minimum atomic E-state index is -0.423. The number of nitrogens with zero attached hydrogens (tertiary/aromatic N) is 3. The molecule has 1 aromatic carbocycles. The summed E-state index contributed by atoms with van der Waals surface area (Å²) < 4.78 is 5.52. The molecule has 1 unspecified atom stereocenters. The molecule has 0 bridgehead atoms. The van der Waals surface area contributed by atoms with Gasteiger partial charge in [-0.05, 0) is 31.4 Å². The van der Waals surface area contributed by atoms with Gasteiger partial charge in [0.1, 0.15) is 5.82 Å². The number of carbonyl (C=O) groups excluding carboxylic acids is 1. The molecule has 1 spiro atoms. The van der Waals surface area contributed by atoms with E-state index in [0.717, 1.165) is 56.1 Å². The first kappa shape index (κ1) is 20.1. The lowest BCUT2D eigenvalue weighted by molar-refractivity contribution is -0.123. The highest BCUT2D eigenvalue weighted by Crippen LogP contribution is 2.47. The molecule has 1 atom stereocenters. The molecule has 1 aromatic heterocycles. The fraction of sp³-hybridized carbons (Fsp3) is 0.565. The van der Waals surface area contributed by atoms with Crippen LogP contribution in [-0.4, -0.2) is 53.6 Å². The highest BCUT2D eigenvalue weighted by molar-refractivity contribution is 6.08. The van der Waals surface area contributed by atoms with Crippen molar-refractivity contribution >= 4 is 11.6 Å². The smallest absolute Gasteiger partial charge is 0.239 e. The number of aromatic nitrogens is 2. The Bertz CT molecular complexity index is 849. The first-order valence-corrected chi connectivity index (χ1v) is 10.9. The van der Waals surface area contributed by atoms with E-state index in [1.807, 2.05) is 24.1 Å². The second kappa shape index (κ2) is 8.67. The fourth-order valence-electron chi connectivity index (χ4n) is 4.74. The third-order valence-electron chi connectivity index (χ3n) is 6.22. The number of para-hydroxylation sites is 1. The first-order valence-electron chi connectivity index (χ1n) is 10.9. The number of hydrogen-bond acceptors (Lipinski definition) is 4. The number of anilines is 1. The number of aryl methyl sites for hydroxylation is 1. The number of H-pyrrole nitrogens is 1. The average Bonchev–Trinajstić information content (AvgIpc) is 3.42. The number of rotatable bonds is 9. The molecule has 4 rings (SSSR count). The highest BCUT2D eigenvalue weighted by atomic mass is 16.5. The van der Waals surface area contributed by atoms with Crippen molar-refractivity contribution in [2.24, 2.45) is 0 Å². The summed E-state index contributed by atoms with van der Waals surface area (Å²) in [5, 5.41) is 0. The number of nitrogens with one attached hydrogen (secondary N) is 1. The molecule has 2 aliphatic heterocycles. The lowest BCUT2D eigenvalue weighted by atomic mass is 9.81. The number of benzene rings is 1. The number of imidazole rings is 1. The van der Waals surface area contributed by atoms with E-state index in [2.05, 4.69) is 40.0 Å². The largest absolute Gasteiger partial charge is 0.380 e. The van der Waals surface area contributed by atoms with Crippen molar-refractivity contribution in [1.82, 2.24) is 14.9 Å². The lowest BCUT2D eigenvalue weighted by Gasteiger charge is -2.24. The van der Waals surface area contributed by atoms with E-state index < -0.39 is 5.41 Å². The van der Waals surface area contributed by atoms with Gasteiger partial charge in [0.05, 0.1) is 12.0 Å². The molecule has 0 radical (unpaired) electrons. The van der Waals surface area contributed by atoms with Gasteiger partial charge in [0.25, 0.3) is 0 Å². The molecule has 6 heteroatoms. The first-order chi connectivity index (χ1) is 14.2. The van der Waals surface area contributed by atoms with Crippen molar-refractivity contribution in [3.05, 3.63) is 47.5 Å². The summed E-state index contributed by atoms with van der Waals surface area (Å²) in [4.78, 5) is 25.8. The fourth-order valence-corrected chi connectivity index (χ4v) is 4.74. The summed E-state index contributed by atoms with van der Waals surface area (Å²) in [6.07, 6.45) is 6.15. The van der Waals surface area contributed by atoms with Gasteiger partial charge in [0, 0.05) is 56.8 Å². The molecular weight excluding hydrogens is 364 g/mol. The van der Waals surface area contributed by atoms with Gasteiger partial charge in [-0.1, -0.05) is 31.5 Å². The van der Waals surface area contributed by atoms with Crippen molar-refractivity contribution in [3.8, 4) is 0 Å². The molecule has 0 saturated carbocycles. The number of hydrogen-bond donors (Lipinski definition) is 1. The molecule has 0 aliphatic carbocycles. The van der Waals surface area contributed by atoms with Crippen molar-refractivity contribution in [2.75, 3.05) is 37.7 Å². The molecule has 2 aliphatic rings. The topological polar surface area (TPSA) is 61.5 Å². The third-order valence-corrected chi connectivity index (χ3v) is 6.22. The van der Waals surface area contributed by atoms with Crippen LogP contribution >= 0.6 is 0 Å². The van der Waals surface area contributed by atoms with Crippen LogP contribution in [0.15, 0.2) is 30.5 Å². The Morgan fingerprint density at radius 3 is 2.97 bits per heavy atom. The predicted octanol–water partition coefficient (Wildman–Crippen LogP) is 3.28. The maximum Gasteiger partial charge on any atom is 0.239 e. The zero-order valence-electron chi connectivity index (χ0n) is 17.6. The van der Waals surface area contributed by atoms with Crippen molar-refractivity contribution in [2.45, 2.75) is 51.5 Å². The van der Waals surface area contributed by atoms with E-state index in [4.69, 9.17) is 4.74 Å². The van der Waals surface area contributed by atoms with Crippen LogP contribution in [0.25, 0.3) is 0 Å². The minimum absolute atomic E-state index is 0.231. The molecule has 3 heterocycles. The maximum atomic E-state index is 13.5. The summed E-state index contributed by atoms with van der Waals surface area (Å²) in [5.41, 5.74) is 2.95. The number of likely N-dealkylation sites (tertiary alicyclic amines) is 1. The Hall–Kier alpha value is -2.18. The van der Waals surface area contributed by atoms with Crippen LogP contribution in [0.2, 0.25) is 0 Å². The summed E-state index contributed by atoms with van der Waals surface area (Å²) in [7, 11) is 0. The van der Waals surface area contributed by atoms with Crippen molar-refractivity contribution in [3.63, 3.8) is 0 Å². The molecule has 156 valence electrons. The van der Waals surface area contributed by atoms with Crippen molar-refractivity contribution < 1.29 is 9.53 Å². The second-order valence-corrected chi connectivity index (χ2v) is 8.17. The van der Waals surface area contributed by atoms with Crippen LogP contribution in [0.4, 0.5) is 5.69 Å². The molecule has 2 aromatic rings. The van der Waals surface area contributed by atoms with Crippen molar-refractivity contribution in [1.29, 1.82) is 0 Å². The molecule has 1 saturated heterocycles. The number of amides is 1. The summed E-state index contributed by atoms with van der Waals surface area (Å²) in [5.74, 6) is 1.30. The Labute approximate surface area is 173 Å². The van der Waals surface area contributed by atoms with Crippen LogP contribution in [0.1, 0.15) is 50.2 Å². The van der Waals surface area contributed by atoms with E-state index >= 15 is 0 Å². The Balaban J connectivity index is 1.48. The monoisotopic (exact) mass is 396 g/mol. The van der Waals surface area contributed by atoms with Gasteiger partial charge in [-0.25, -0.2) is 4.98 Å². The molecule has 1 N–H and O–H groups in total. The van der Waals surface area contributed by atoms with Gasteiger partial charge < -0.3 is 14.6 Å². The second-order valence-electron chi connectivity index (χ2n) is 8.17. The SMILES string of the molecule is CCCCc1ncc(CN2CCC3(C2)C(=O)N(CCOCC)c2ccccc23)[nH]1. The zero-order valence-corrected chi connectivity index (χ0v) is 17.6. The van der Waals surface area contributed by atoms with Gasteiger partial charge in [0.15, 0.2) is 0 Å². The standard InChI is InChI=1S/C23H32N4O2/c1-3-5-10-21-24-15-18(25-21)16-26-12-11-23(17-26)19-8-6-7-9-20(19)27(22(23)28)13-14-29-4-2/h6-9,15H,3-5,10-14,16-17H2,1-2H3,(H,24,25). The zero-order chi connectivity index (χ0) is 20.3. The van der Waals surface area contributed by atoms with Crippen LogP contribution in [-0.2, 0) is 27.9 Å². The molecular formula is C23H32N4O2. The van der Waals surface area contributed by atoms with Crippen LogP contribution < -0.4 is 4.90 Å². The minimum Gasteiger partial charge on any atom is -0.380 e. The molecule has 1 amide bonds. The molecule has 1 fully saturated rings. The van der Waals surface area contributed by atoms with E-state index in [-0.39, 0.29) is 5.91 Å². The van der Waals surface area contributed by atoms with E-state index in [1.165, 1.54) is 12.0 Å². The van der Waals surface area contributed by atoms with Gasteiger partial charge in [-0.3, -0.25) is 9.69 Å². The Morgan fingerprint density at radius 2 is 2.14 bits per heavy atom. The summed E-state index contributed by atoms with van der Waals surface area (Å²) in [6, 6.07) is 8.29. The maximum absolute atomic E-state index is 13.5. The normalized spacial score (nSPS) is 21.4. The number of fused-ring (bicyclic) bond motifs is 2. The van der Waals surface area contributed by atoms with Crippen LogP contribution in [0.5, 0.6) is 0 Å². The number of ether oxygens (including phenoxy) is 1. The Kier molecular flexibility index (Phi) is 6.01. The summed E-state index contributed by atoms with van der Waals surface area (Å²) in [6.45, 7) is 8.54. The third kappa shape index (κ3) is 3.83. The van der Waals surface area contributed by atoms with Gasteiger partial charge >= 0.3 is 0 Å². The molecule has 29 heavy (non-hydrogen) atoms. The highest BCUT2D eigenvalue weighted by Gasteiger charge is 2.53. The summed E-state index contributed by atoms with van der Waals surface area (Å²) >= 11 is 0. The number of carbonyl (C=O) groups is 1. The van der Waals surface area contributed by atoms with E-state index in [1.54, 1.807) is 0 Å². The van der Waals surface area contributed by atoms with Gasteiger partial charge in [-0.2, -0.15) is 0 Å². The number of aromatic amines is 1. The van der Waals surface area contributed by atoms with Gasteiger partial charge in [0.2, 0.25) is 5.91 Å². The van der Waals surface area contributed by atoms with E-state index in [9.17, 15) is 4.79 Å². The average molecular weight is 397 g/mol. The van der Waals surface area contributed by atoms with E-state index in [0.29, 0.717) is 19.8 Å².